The molecule has 2 N–H and O–H groups in total. The Hall–Kier alpha value is -1.82. The zero-order chi connectivity index (χ0) is 14.9. The zero-order valence-corrected chi connectivity index (χ0v) is 11.5. The number of hydrogen-bond acceptors (Lipinski definition) is 2. The third kappa shape index (κ3) is 2.85. The Bertz CT molecular complexity index is 552. The molecule has 1 aromatic rings. The summed E-state index contributed by atoms with van der Waals surface area (Å²) in [6.45, 7) is 2.17. The first-order chi connectivity index (χ1) is 9.40. The molecule has 0 saturated carbocycles. The Kier molecular flexibility index (Phi) is 4.13. The van der Waals surface area contributed by atoms with Crippen molar-refractivity contribution >= 4 is 29.3 Å². The lowest BCUT2D eigenvalue weighted by Crippen LogP contribution is -2.44. The largest absolute Gasteiger partial charge is 0.480 e. The Morgan fingerprint density at radius 1 is 1.50 bits per heavy atom. The number of nitrogens with zero attached hydrogens (tertiary/aromatic N) is 1. The van der Waals surface area contributed by atoms with Gasteiger partial charge in [-0.2, -0.15) is 0 Å². The Morgan fingerprint density at radius 3 is 2.80 bits per heavy atom. The molecule has 1 fully saturated rings. The van der Waals surface area contributed by atoms with Gasteiger partial charge in [0.05, 0.1) is 5.02 Å². The first-order valence-corrected chi connectivity index (χ1v) is 6.53. The third-order valence-corrected chi connectivity index (χ3v) is 3.67. The van der Waals surface area contributed by atoms with Crippen molar-refractivity contribution in [2.24, 2.45) is 5.92 Å². The van der Waals surface area contributed by atoms with E-state index in [1.54, 1.807) is 6.92 Å². The van der Waals surface area contributed by atoms with Gasteiger partial charge in [-0.3, -0.25) is 0 Å². The molecule has 0 radical (unpaired) electrons. The number of amides is 2. The molecular formula is C13H14ClFN2O3. The van der Waals surface area contributed by atoms with E-state index in [1.165, 1.54) is 17.0 Å². The molecule has 2 rings (SSSR count). The average Bonchev–Trinajstić information content (AvgIpc) is 2.76. The van der Waals surface area contributed by atoms with Gasteiger partial charge in [0.25, 0.3) is 0 Å². The fraction of sp³-hybridized carbons (Fsp3) is 0.385. The van der Waals surface area contributed by atoms with Crippen molar-refractivity contribution in [1.82, 2.24) is 4.90 Å². The molecular weight excluding hydrogens is 287 g/mol. The van der Waals surface area contributed by atoms with Crippen molar-refractivity contribution in [1.29, 1.82) is 0 Å². The highest BCUT2D eigenvalue weighted by Crippen LogP contribution is 2.26. The van der Waals surface area contributed by atoms with Crippen LogP contribution in [0.1, 0.15) is 13.3 Å². The van der Waals surface area contributed by atoms with Crippen LogP contribution in [0.15, 0.2) is 18.2 Å². The molecule has 0 spiro atoms. The first-order valence-electron chi connectivity index (χ1n) is 6.15. The van der Waals surface area contributed by atoms with Crippen LogP contribution in [-0.4, -0.2) is 34.6 Å². The number of carboxylic acids is 1. The van der Waals surface area contributed by atoms with Crippen molar-refractivity contribution in [3.8, 4) is 0 Å². The summed E-state index contributed by atoms with van der Waals surface area (Å²) in [4.78, 5) is 24.5. The van der Waals surface area contributed by atoms with E-state index in [-0.39, 0.29) is 10.9 Å². The average molecular weight is 301 g/mol. The number of halogens is 2. The van der Waals surface area contributed by atoms with Gasteiger partial charge in [0, 0.05) is 12.2 Å². The van der Waals surface area contributed by atoms with Gasteiger partial charge in [-0.15, -0.1) is 0 Å². The molecule has 0 aliphatic carbocycles. The summed E-state index contributed by atoms with van der Waals surface area (Å²) >= 11 is 5.63. The van der Waals surface area contributed by atoms with Crippen LogP contribution in [-0.2, 0) is 4.79 Å². The van der Waals surface area contributed by atoms with Gasteiger partial charge in [0.2, 0.25) is 0 Å². The Balaban J connectivity index is 2.11. The summed E-state index contributed by atoms with van der Waals surface area (Å²) in [6.07, 6.45) is 0.633. The Morgan fingerprint density at radius 2 is 2.20 bits per heavy atom. The number of hydrogen-bond donors (Lipinski definition) is 2. The lowest BCUT2D eigenvalue weighted by atomic mass is 10.0. The first kappa shape index (κ1) is 14.6. The maximum absolute atomic E-state index is 13.0. The van der Waals surface area contributed by atoms with Gasteiger partial charge >= 0.3 is 12.0 Å². The minimum absolute atomic E-state index is 0.102. The van der Waals surface area contributed by atoms with Crippen LogP contribution >= 0.6 is 11.6 Å². The van der Waals surface area contributed by atoms with Crippen LogP contribution in [0.25, 0.3) is 0 Å². The molecule has 7 heteroatoms. The molecule has 2 unspecified atom stereocenters. The van der Waals surface area contributed by atoms with E-state index in [2.05, 4.69) is 5.32 Å². The number of urea groups is 1. The standard InChI is InChI=1S/C13H14ClFN2O3/c1-7-4-5-17(11(7)12(18)19)13(20)16-8-2-3-10(15)9(14)6-8/h2-3,6-7,11H,4-5H2,1H3,(H,16,20)(H,18,19). The second-order valence-corrected chi connectivity index (χ2v) is 5.21. The summed E-state index contributed by atoms with van der Waals surface area (Å²) in [5.41, 5.74) is 0.324. The summed E-state index contributed by atoms with van der Waals surface area (Å²) < 4.78 is 13.0. The van der Waals surface area contributed by atoms with Gasteiger partial charge in [-0.25, -0.2) is 14.0 Å². The molecule has 0 bridgehead atoms. The molecule has 1 heterocycles. The maximum Gasteiger partial charge on any atom is 0.326 e. The van der Waals surface area contributed by atoms with E-state index < -0.39 is 23.9 Å². The molecule has 108 valence electrons. The predicted octanol–water partition coefficient (Wildman–Crippen LogP) is 2.81. The van der Waals surface area contributed by atoms with Crippen molar-refractivity contribution in [2.75, 3.05) is 11.9 Å². The van der Waals surface area contributed by atoms with Crippen LogP contribution < -0.4 is 5.32 Å². The molecule has 1 saturated heterocycles. The van der Waals surface area contributed by atoms with Crippen LogP contribution in [0.3, 0.4) is 0 Å². The monoisotopic (exact) mass is 300 g/mol. The lowest BCUT2D eigenvalue weighted by Gasteiger charge is -2.23. The molecule has 2 atom stereocenters. The summed E-state index contributed by atoms with van der Waals surface area (Å²) in [7, 11) is 0. The fourth-order valence-corrected chi connectivity index (χ4v) is 2.50. The maximum atomic E-state index is 13.0. The van der Waals surface area contributed by atoms with Crippen molar-refractivity contribution < 1.29 is 19.1 Å². The van der Waals surface area contributed by atoms with Crippen LogP contribution in [0.5, 0.6) is 0 Å². The third-order valence-electron chi connectivity index (χ3n) is 3.38. The quantitative estimate of drug-likeness (QED) is 0.882. The van der Waals surface area contributed by atoms with Gasteiger partial charge in [-0.1, -0.05) is 18.5 Å². The number of nitrogens with one attached hydrogen (secondary N) is 1. The van der Waals surface area contributed by atoms with Gasteiger partial charge in [-0.05, 0) is 30.5 Å². The van der Waals surface area contributed by atoms with Crippen LogP contribution in [0.4, 0.5) is 14.9 Å². The summed E-state index contributed by atoms with van der Waals surface area (Å²) in [5.74, 6) is -1.71. The van der Waals surface area contributed by atoms with Gasteiger partial charge in [0.15, 0.2) is 0 Å². The second kappa shape index (κ2) is 5.66. The molecule has 1 aliphatic heterocycles. The van der Waals surface area contributed by atoms with Gasteiger partial charge < -0.3 is 15.3 Å². The highest BCUT2D eigenvalue weighted by Gasteiger charge is 2.39. The smallest absolute Gasteiger partial charge is 0.326 e. The minimum atomic E-state index is -1.03. The number of carbonyl (C=O) groups excluding carboxylic acids is 1. The van der Waals surface area contributed by atoms with E-state index in [4.69, 9.17) is 16.7 Å². The van der Waals surface area contributed by atoms with Gasteiger partial charge in [0.1, 0.15) is 11.9 Å². The zero-order valence-electron chi connectivity index (χ0n) is 10.8. The van der Waals surface area contributed by atoms with E-state index in [9.17, 15) is 14.0 Å². The fourth-order valence-electron chi connectivity index (χ4n) is 2.32. The molecule has 2 amide bonds. The van der Waals surface area contributed by atoms with Crippen molar-refractivity contribution in [2.45, 2.75) is 19.4 Å². The number of carboxylic acid groups (broad SMARTS) is 1. The van der Waals surface area contributed by atoms with E-state index in [1.807, 2.05) is 0 Å². The van der Waals surface area contributed by atoms with Crippen molar-refractivity contribution in [3.63, 3.8) is 0 Å². The van der Waals surface area contributed by atoms with E-state index in [0.717, 1.165) is 6.07 Å². The number of rotatable bonds is 2. The topological polar surface area (TPSA) is 69.6 Å². The molecule has 20 heavy (non-hydrogen) atoms. The molecule has 1 aliphatic rings. The second-order valence-electron chi connectivity index (χ2n) is 4.80. The van der Waals surface area contributed by atoms with E-state index >= 15 is 0 Å². The molecule has 0 aromatic heterocycles. The number of carbonyl (C=O) groups is 2. The predicted molar refractivity (Wildman–Crippen MR) is 72.3 cm³/mol. The lowest BCUT2D eigenvalue weighted by molar-refractivity contribution is -0.142. The number of anilines is 1. The number of likely N-dealkylation sites (tertiary alicyclic amines) is 1. The number of aliphatic carboxylic acids is 1. The molecule has 1 aromatic carbocycles. The summed E-state index contributed by atoms with van der Waals surface area (Å²) in [6, 6.07) is 2.42. The van der Waals surface area contributed by atoms with Crippen LogP contribution in [0.2, 0.25) is 5.02 Å². The SMILES string of the molecule is CC1CCN(C(=O)Nc2ccc(F)c(Cl)c2)C1C(=O)O. The highest BCUT2D eigenvalue weighted by atomic mass is 35.5. The normalized spacial score (nSPS) is 21.9. The van der Waals surface area contributed by atoms with Crippen molar-refractivity contribution in [3.05, 3.63) is 29.0 Å². The Labute approximate surface area is 120 Å². The molecule has 5 nitrogen and oxygen atoms in total. The summed E-state index contributed by atoms with van der Waals surface area (Å²) in [5, 5.41) is 11.6. The minimum Gasteiger partial charge on any atom is -0.480 e. The van der Waals surface area contributed by atoms with E-state index in [0.29, 0.717) is 18.7 Å². The highest BCUT2D eigenvalue weighted by molar-refractivity contribution is 6.31. The van der Waals surface area contributed by atoms with Crippen LogP contribution in [0, 0.1) is 11.7 Å². The number of benzene rings is 1.